The van der Waals surface area contributed by atoms with Crippen molar-refractivity contribution in [2.45, 2.75) is 56.6 Å². The number of allylic oxidation sites excluding steroid dienone is 3. The molecule has 0 saturated heterocycles. The highest BCUT2D eigenvalue weighted by Gasteiger charge is 2.41. The number of halogens is 1. The molecule has 0 amide bonds. The van der Waals surface area contributed by atoms with Crippen molar-refractivity contribution in [3.63, 3.8) is 0 Å². The smallest absolute Gasteiger partial charge is 0.161 e. The lowest BCUT2D eigenvalue weighted by Crippen LogP contribution is -2.39. The fourth-order valence-electron chi connectivity index (χ4n) is 5.56. The Hall–Kier alpha value is -3.82. The summed E-state index contributed by atoms with van der Waals surface area (Å²) in [5.74, 6) is 0.404. The molecule has 4 nitrogen and oxygen atoms in total. The molecule has 0 bridgehead atoms. The topological polar surface area (TPSA) is 70.1 Å². The van der Waals surface area contributed by atoms with Gasteiger partial charge in [0.15, 0.2) is 5.78 Å². The molecule has 0 radical (unpaired) electrons. The number of para-hydroxylation sites is 1. The van der Waals surface area contributed by atoms with Gasteiger partial charge in [-0.2, -0.15) is 5.26 Å². The fourth-order valence-corrected chi connectivity index (χ4v) is 6.52. The van der Waals surface area contributed by atoms with E-state index in [9.17, 15) is 14.4 Å². The van der Waals surface area contributed by atoms with Crippen LogP contribution in [0.25, 0.3) is 0 Å². The summed E-state index contributed by atoms with van der Waals surface area (Å²) in [5.41, 5.74) is 14.9. The number of hydrogen-bond acceptors (Lipinski definition) is 5. The zero-order valence-corrected chi connectivity index (χ0v) is 22.7. The van der Waals surface area contributed by atoms with Crippen LogP contribution in [0.3, 0.4) is 0 Å². The van der Waals surface area contributed by atoms with Crippen molar-refractivity contribution in [1.29, 1.82) is 5.26 Å². The largest absolute Gasteiger partial charge is 0.384 e. The number of nitriles is 1. The monoisotopic (exact) mass is 523 g/mol. The second-order valence-corrected chi connectivity index (χ2v) is 11.0. The van der Waals surface area contributed by atoms with E-state index in [1.54, 1.807) is 23.9 Å². The molecule has 6 heteroatoms. The summed E-state index contributed by atoms with van der Waals surface area (Å²) in [5, 5.41) is 10.4. The lowest BCUT2D eigenvalue weighted by atomic mass is 9.74. The van der Waals surface area contributed by atoms with Crippen LogP contribution in [-0.2, 0) is 10.5 Å². The number of Topliss-reactive ketones (excluding diaryl/α,β-unsaturated/α-hetero) is 1. The number of hydrogen-bond donors (Lipinski definition) is 1. The number of nitrogens with zero attached hydrogens (tertiary/aromatic N) is 2. The second-order valence-electron chi connectivity index (χ2n) is 9.98. The number of anilines is 1. The van der Waals surface area contributed by atoms with Crippen molar-refractivity contribution in [3.8, 4) is 6.07 Å². The quantitative estimate of drug-likeness (QED) is 0.354. The number of carbonyl (C=O) groups is 1. The average molecular weight is 524 g/mol. The highest BCUT2D eigenvalue weighted by atomic mass is 32.2. The summed E-state index contributed by atoms with van der Waals surface area (Å²) in [6.07, 6.45) is 1.95. The van der Waals surface area contributed by atoms with E-state index in [2.05, 4.69) is 25.1 Å². The van der Waals surface area contributed by atoms with Crippen LogP contribution >= 0.6 is 11.8 Å². The molecular formula is C32H30FN3OS. The molecular weight excluding hydrogens is 493 g/mol. The summed E-state index contributed by atoms with van der Waals surface area (Å²) >= 11 is 1.63. The van der Waals surface area contributed by atoms with Crippen molar-refractivity contribution in [1.82, 2.24) is 0 Å². The molecule has 1 heterocycles. The zero-order valence-electron chi connectivity index (χ0n) is 21.8. The van der Waals surface area contributed by atoms with Gasteiger partial charge in [-0.05, 0) is 91.8 Å². The van der Waals surface area contributed by atoms with Gasteiger partial charge in [-0.25, -0.2) is 4.39 Å². The number of ketones is 1. The van der Waals surface area contributed by atoms with Crippen molar-refractivity contribution in [3.05, 3.63) is 117 Å². The first-order valence-corrected chi connectivity index (χ1v) is 13.8. The molecule has 1 atom stereocenters. The van der Waals surface area contributed by atoms with Crippen LogP contribution in [0.4, 0.5) is 10.1 Å². The standard InChI is InChI=1S/C32H30FN3OS/c1-19-7-4-5-8-27(19)36-28-9-6-10-29(37)31(28)30(26(17-34)32(36)35)25-16-22(20(2)15-21(25)3)18-38-24-13-11-23(33)12-14-24/h4-5,7-8,11-16,30H,6,9-10,18,35H2,1-3H3. The van der Waals surface area contributed by atoms with Crippen LogP contribution in [0, 0.1) is 37.9 Å². The third-order valence-corrected chi connectivity index (χ3v) is 8.57. The molecule has 1 unspecified atom stereocenters. The highest BCUT2D eigenvalue weighted by Crippen LogP contribution is 2.48. The van der Waals surface area contributed by atoms with Gasteiger partial charge >= 0.3 is 0 Å². The van der Waals surface area contributed by atoms with Crippen molar-refractivity contribution >= 4 is 23.2 Å². The Morgan fingerprint density at radius 3 is 2.47 bits per heavy atom. The minimum Gasteiger partial charge on any atom is -0.384 e. The molecule has 0 aromatic heterocycles. The molecule has 38 heavy (non-hydrogen) atoms. The summed E-state index contributed by atoms with van der Waals surface area (Å²) in [6.45, 7) is 6.12. The zero-order chi connectivity index (χ0) is 27.0. The fraction of sp³-hybridized carbons (Fsp3) is 0.250. The molecule has 0 spiro atoms. The van der Waals surface area contributed by atoms with E-state index in [0.717, 1.165) is 56.9 Å². The van der Waals surface area contributed by atoms with Gasteiger partial charge in [0.25, 0.3) is 0 Å². The molecule has 0 saturated carbocycles. The molecule has 3 aromatic carbocycles. The first kappa shape index (κ1) is 25.8. The van der Waals surface area contributed by atoms with Gasteiger partial charge in [0.2, 0.25) is 0 Å². The maximum atomic E-state index is 13.6. The minimum atomic E-state index is -0.502. The van der Waals surface area contributed by atoms with E-state index in [1.165, 1.54) is 12.1 Å². The summed E-state index contributed by atoms with van der Waals surface area (Å²) < 4.78 is 13.4. The normalized spacial score (nSPS) is 17.5. The van der Waals surface area contributed by atoms with Crippen LogP contribution in [-0.4, -0.2) is 5.78 Å². The van der Waals surface area contributed by atoms with Crippen LogP contribution < -0.4 is 10.6 Å². The number of nitrogens with two attached hydrogens (primary N) is 1. The number of carbonyl (C=O) groups excluding carboxylic acids is 1. The van der Waals surface area contributed by atoms with Crippen molar-refractivity contribution in [2.75, 3.05) is 4.90 Å². The summed E-state index contributed by atoms with van der Waals surface area (Å²) in [6, 6.07) is 21.1. The minimum absolute atomic E-state index is 0.0808. The molecule has 1 aliphatic carbocycles. The Morgan fingerprint density at radius 1 is 1.03 bits per heavy atom. The Labute approximate surface area is 227 Å². The number of aryl methyl sites for hydroxylation is 3. The molecule has 0 fully saturated rings. The third-order valence-electron chi connectivity index (χ3n) is 7.51. The number of thioether (sulfide) groups is 1. The first-order valence-electron chi connectivity index (χ1n) is 12.8. The molecule has 2 N–H and O–H groups in total. The Kier molecular flexibility index (Phi) is 7.14. The SMILES string of the molecule is Cc1cc(C)c(C2C(C#N)=C(N)N(c3ccccc3C)C3=C2C(=O)CCC3)cc1CSc1ccc(F)cc1. The van der Waals surface area contributed by atoms with E-state index in [4.69, 9.17) is 5.73 Å². The number of rotatable bonds is 5. The Bertz CT molecular complexity index is 1530. The second kappa shape index (κ2) is 10.5. The van der Waals surface area contributed by atoms with Gasteiger partial charge in [0, 0.05) is 28.3 Å². The Morgan fingerprint density at radius 2 is 1.76 bits per heavy atom. The predicted octanol–water partition coefficient (Wildman–Crippen LogP) is 7.35. The van der Waals surface area contributed by atoms with E-state index in [0.29, 0.717) is 29.1 Å². The summed E-state index contributed by atoms with van der Waals surface area (Å²) in [7, 11) is 0. The van der Waals surface area contributed by atoms with E-state index < -0.39 is 5.92 Å². The lowest BCUT2D eigenvalue weighted by Gasteiger charge is -2.40. The van der Waals surface area contributed by atoms with Crippen molar-refractivity contribution in [2.24, 2.45) is 5.73 Å². The highest BCUT2D eigenvalue weighted by molar-refractivity contribution is 7.98. The maximum absolute atomic E-state index is 13.6. The molecule has 5 rings (SSSR count). The van der Waals surface area contributed by atoms with Crippen LogP contribution in [0.1, 0.15) is 53.0 Å². The van der Waals surface area contributed by atoms with Gasteiger partial charge in [-0.1, -0.05) is 30.3 Å². The van der Waals surface area contributed by atoms with E-state index >= 15 is 0 Å². The van der Waals surface area contributed by atoms with Gasteiger partial charge in [0.05, 0.1) is 23.2 Å². The van der Waals surface area contributed by atoms with Gasteiger partial charge in [0.1, 0.15) is 11.6 Å². The number of benzene rings is 3. The van der Waals surface area contributed by atoms with Gasteiger partial charge in [-0.3, -0.25) is 9.69 Å². The molecule has 2 aliphatic rings. The maximum Gasteiger partial charge on any atom is 0.161 e. The van der Waals surface area contributed by atoms with E-state index in [-0.39, 0.29) is 11.6 Å². The molecule has 192 valence electrons. The van der Waals surface area contributed by atoms with Gasteiger partial charge in [-0.15, -0.1) is 11.8 Å². The first-order chi connectivity index (χ1) is 18.3. The lowest BCUT2D eigenvalue weighted by molar-refractivity contribution is -0.116. The van der Waals surface area contributed by atoms with Crippen LogP contribution in [0.2, 0.25) is 0 Å². The molecule has 1 aliphatic heterocycles. The predicted molar refractivity (Wildman–Crippen MR) is 151 cm³/mol. The van der Waals surface area contributed by atoms with E-state index in [1.807, 2.05) is 43.0 Å². The van der Waals surface area contributed by atoms with Gasteiger partial charge < -0.3 is 5.73 Å². The average Bonchev–Trinajstić information content (AvgIpc) is 2.89. The van der Waals surface area contributed by atoms with Crippen molar-refractivity contribution < 1.29 is 9.18 Å². The van der Waals surface area contributed by atoms with Crippen LogP contribution in [0.15, 0.2) is 88.2 Å². The Balaban J connectivity index is 1.63. The molecule has 3 aromatic rings. The van der Waals surface area contributed by atoms with Crippen LogP contribution in [0.5, 0.6) is 0 Å². The third kappa shape index (κ3) is 4.63. The summed E-state index contributed by atoms with van der Waals surface area (Å²) in [4.78, 5) is 16.5.